The lowest BCUT2D eigenvalue weighted by Gasteiger charge is -2.34. The van der Waals surface area contributed by atoms with Crippen LogP contribution in [0.1, 0.15) is 44.5 Å². The topological polar surface area (TPSA) is 38.7 Å². The Balaban J connectivity index is 0.979. The third-order valence-electron chi connectivity index (χ3n) is 15.3. The number of aromatic nitrogens is 3. The molecule has 0 atom stereocenters. The van der Waals surface area contributed by atoms with Gasteiger partial charge in [-0.1, -0.05) is 261 Å². The quantitative estimate of drug-likeness (QED) is 0.135. The third kappa shape index (κ3) is 6.81. The highest BCUT2D eigenvalue weighted by Gasteiger charge is 2.47. The summed E-state index contributed by atoms with van der Waals surface area (Å²) in [7, 11) is -1.55. The van der Waals surface area contributed by atoms with Crippen molar-refractivity contribution < 1.29 is 0 Å². The molecule has 10 aromatic carbocycles. The molecule has 0 spiro atoms. The fourth-order valence-electron chi connectivity index (χ4n) is 11.9. The first-order valence-electron chi connectivity index (χ1n) is 25.0. The highest BCUT2D eigenvalue weighted by molar-refractivity contribution is 6.88. The van der Waals surface area contributed by atoms with Gasteiger partial charge in [0.2, 0.25) is 0 Å². The van der Waals surface area contributed by atoms with Gasteiger partial charge in [0, 0.05) is 16.7 Å². The molecule has 0 saturated heterocycles. The molecule has 0 N–H and O–H groups in total. The van der Waals surface area contributed by atoms with Gasteiger partial charge in [-0.15, -0.1) is 0 Å². The van der Waals surface area contributed by atoms with Gasteiger partial charge in [-0.25, -0.2) is 15.0 Å². The lowest BCUT2D eigenvalue weighted by atomic mass is 9.67. The number of nitrogens with zero attached hydrogens (tertiary/aromatic N) is 3. The second-order valence-electron chi connectivity index (χ2n) is 20.3. The van der Waals surface area contributed by atoms with E-state index in [1.165, 1.54) is 66.4 Å². The van der Waals surface area contributed by atoms with E-state index in [0.29, 0.717) is 17.5 Å². The molecule has 0 bridgehead atoms. The number of fused-ring (bicyclic) bond motifs is 6. The molecule has 1 heterocycles. The Kier molecular flexibility index (Phi) is 10.3. The number of hydrogen-bond donors (Lipinski definition) is 0. The van der Waals surface area contributed by atoms with Crippen molar-refractivity contribution in [3.8, 4) is 67.5 Å². The van der Waals surface area contributed by atoms with E-state index >= 15 is 0 Å². The van der Waals surface area contributed by atoms with Gasteiger partial charge in [0.15, 0.2) is 17.5 Å². The lowest BCUT2D eigenvalue weighted by Crippen LogP contribution is -2.37. The standard InChI is InChI=1S/C68H51N3Si/c1-72(2,3)55-40-37-46(38-41-55)64-69-65(71-66(70-64)50-23-20-30-54(44-50)68(53-28-11-6-12-29-53)61-35-17-13-31-56(61)57-32-14-18-36-62(57)68)49-22-19-21-47(43-49)48-39-42-59-58-33-15-16-34-60(58)67(63(59)45-48,51-24-7-4-8-25-51)52-26-9-5-10-27-52/h4-45H,1-3H3. The Bertz CT molecular complexity index is 3750. The average Bonchev–Trinajstić information content (AvgIpc) is 3.92. The summed E-state index contributed by atoms with van der Waals surface area (Å²) in [4.78, 5) is 16.1. The van der Waals surface area contributed by atoms with Crippen LogP contribution in [0.4, 0.5) is 0 Å². The number of rotatable bonds is 9. The maximum Gasteiger partial charge on any atom is 0.164 e. The Morgan fingerprint density at radius 3 is 1.12 bits per heavy atom. The highest BCUT2D eigenvalue weighted by Crippen LogP contribution is 2.58. The van der Waals surface area contributed by atoms with Crippen LogP contribution in [-0.2, 0) is 10.8 Å². The smallest absolute Gasteiger partial charge is 0.164 e. The molecule has 13 rings (SSSR count). The summed E-state index contributed by atoms with van der Waals surface area (Å²) in [5.74, 6) is 1.90. The van der Waals surface area contributed by atoms with Crippen LogP contribution in [-0.4, -0.2) is 23.0 Å². The van der Waals surface area contributed by atoms with Crippen LogP contribution in [0.25, 0.3) is 67.5 Å². The second-order valence-corrected chi connectivity index (χ2v) is 25.4. The molecular formula is C68H51N3Si. The molecule has 0 saturated carbocycles. The van der Waals surface area contributed by atoms with Crippen molar-refractivity contribution in [2.45, 2.75) is 30.5 Å². The summed E-state index contributed by atoms with van der Waals surface area (Å²) in [6, 6.07) is 93.2. The van der Waals surface area contributed by atoms with Crippen molar-refractivity contribution in [3.05, 3.63) is 299 Å². The van der Waals surface area contributed by atoms with E-state index in [0.717, 1.165) is 33.4 Å². The molecule has 0 amide bonds. The molecule has 0 radical (unpaired) electrons. The zero-order valence-electron chi connectivity index (χ0n) is 40.6. The van der Waals surface area contributed by atoms with E-state index in [1.807, 2.05) is 0 Å². The summed E-state index contributed by atoms with van der Waals surface area (Å²) in [5, 5.41) is 1.39. The van der Waals surface area contributed by atoms with Crippen molar-refractivity contribution >= 4 is 13.3 Å². The Morgan fingerprint density at radius 1 is 0.264 bits per heavy atom. The van der Waals surface area contributed by atoms with E-state index in [2.05, 4.69) is 274 Å². The lowest BCUT2D eigenvalue weighted by molar-refractivity contribution is 0.768. The van der Waals surface area contributed by atoms with E-state index in [1.54, 1.807) is 0 Å². The van der Waals surface area contributed by atoms with Crippen molar-refractivity contribution in [1.82, 2.24) is 15.0 Å². The first-order chi connectivity index (χ1) is 35.3. The molecular weight excluding hydrogens is 887 g/mol. The van der Waals surface area contributed by atoms with Gasteiger partial charge in [0.25, 0.3) is 0 Å². The third-order valence-corrected chi connectivity index (χ3v) is 17.3. The minimum atomic E-state index is -1.55. The molecule has 4 heteroatoms. The summed E-state index contributed by atoms with van der Waals surface area (Å²) in [6.07, 6.45) is 0. The van der Waals surface area contributed by atoms with Crippen LogP contribution >= 0.6 is 0 Å². The van der Waals surface area contributed by atoms with Crippen molar-refractivity contribution in [2.24, 2.45) is 0 Å². The number of benzene rings is 10. The summed E-state index contributed by atoms with van der Waals surface area (Å²) >= 11 is 0. The summed E-state index contributed by atoms with van der Waals surface area (Å²) < 4.78 is 0. The minimum Gasteiger partial charge on any atom is -0.208 e. The van der Waals surface area contributed by atoms with Crippen LogP contribution in [0.2, 0.25) is 19.6 Å². The van der Waals surface area contributed by atoms with E-state index in [4.69, 9.17) is 15.0 Å². The van der Waals surface area contributed by atoms with E-state index < -0.39 is 18.9 Å². The predicted molar refractivity (Wildman–Crippen MR) is 299 cm³/mol. The monoisotopic (exact) mass is 937 g/mol. The molecule has 0 aliphatic heterocycles. The fourth-order valence-corrected chi connectivity index (χ4v) is 13.1. The van der Waals surface area contributed by atoms with Crippen LogP contribution in [0.5, 0.6) is 0 Å². The molecule has 2 aliphatic carbocycles. The highest BCUT2D eigenvalue weighted by atomic mass is 28.3. The van der Waals surface area contributed by atoms with Gasteiger partial charge < -0.3 is 0 Å². The maximum atomic E-state index is 5.41. The van der Waals surface area contributed by atoms with Crippen LogP contribution in [0.15, 0.2) is 255 Å². The average molecular weight is 938 g/mol. The Labute approximate surface area is 423 Å². The summed E-state index contributed by atoms with van der Waals surface area (Å²) in [6.45, 7) is 7.15. The van der Waals surface area contributed by atoms with Crippen LogP contribution in [0.3, 0.4) is 0 Å². The first kappa shape index (κ1) is 43.4. The van der Waals surface area contributed by atoms with Crippen LogP contribution in [0, 0.1) is 0 Å². The molecule has 72 heavy (non-hydrogen) atoms. The molecule has 3 nitrogen and oxygen atoms in total. The zero-order valence-corrected chi connectivity index (χ0v) is 41.6. The molecule has 11 aromatic rings. The van der Waals surface area contributed by atoms with Crippen molar-refractivity contribution in [2.75, 3.05) is 0 Å². The SMILES string of the molecule is C[Si](C)(C)c1ccc(-c2nc(-c3cccc(-c4ccc5c(c4)C(c4ccccc4)(c4ccccc4)c4ccccc4-5)c3)nc(-c3cccc(C4(c5ccccc5)c5ccccc5-c5ccccc54)c3)n2)cc1. The zero-order chi connectivity index (χ0) is 48.4. The van der Waals surface area contributed by atoms with Crippen molar-refractivity contribution in [1.29, 1.82) is 0 Å². The molecule has 2 aliphatic rings. The molecule has 0 unspecified atom stereocenters. The fraction of sp³-hybridized carbons (Fsp3) is 0.0735. The van der Waals surface area contributed by atoms with Gasteiger partial charge in [-0.3, -0.25) is 0 Å². The first-order valence-corrected chi connectivity index (χ1v) is 28.5. The van der Waals surface area contributed by atoms with Crippen molar-refractivity contribution in [3.63, 3.8) is 0 Å². The van der Waals surface area contributed by atoms with Gasteiger partial charge >= 0.3 is 0 Å². The van der Waals surface area contributed by atoms with E-state index in [-0.39, 0.29) is 0 Å². The minimum absolute atomic E-state index is 0.499. The number of hydrogen-bond acceptors (Lipinski definition) is 3. The van der Waals surface area contributed by atoms with Gasteiger partial charge in [-0.05, 0) is 96.1 Å². The van der Waals surface area contributed by atoms with Crippen LogP contribution < -0.4 is 5.19 Å². The predicted octanol–water partition coefficient (Wildman–Crippen LogP) is 15.8. The van der Waals surface area contributed by atoms with Gasteiger partial charge in [-0.2, -0.15) is 0 Å². The summed E-state index contributed by atoms with van der Waals surface area (Å²) in [5.41, 5.74) is 19.0. The molecule has 0 fully saturated rings. The maximum absolute atomic E-state index is 5.41. The largest absolute Gasteiger partial charge is 0.208 e. The van der Waals surface area contributed by atoms with Gasteiger partial charge in [0.1, 0.15) is 0 Å². The van der Waals surface area contributed by atoms with Gasteiger partial charge in [0.05, 0.1) is 18.9 Å². The van der Waals surface area contributed by atoms with E-state index in [9.17, 15) is 0 Å². The Hall–Kier alpha value is -8.57. The molecule has 342 valence electrons. The Morgan fingerprint density at radius 2 is 0.625 bits per heavy atom. The second kappa shape index (κ2) is 17.1. The molecule has 1 aromatic heterocycles. The normalized spacial score (nSPS) is 13.7.